The number of hydrogen-bond donors (Lipinski definition) is 0. The summed E-state index contributed by atoms with van der Waals surface area (Å²) in [5.74, 6) is -0.173. The molecule has 2 aliphatic heterocycles. The number of sulfone groups is 1. The average Bonchev–Trinajstić information content (AvgIpc) is 3.09. The summed E-state index contributed by atoms with van der Waals surface area (Å²) < 4.78 is 37.8. The fourth-order valence-electron chi connectivity index (χ4n) is 4.06. The quantitative estimate of drug-likeness (QED) is 0.739. The van der Waals surface area contributed by atoms with Gasteiger partial charge in [-0.2, -0.15) is 0 Å². The Hall–Kier alpha value is -1.51. The molecule has 0 unspecified atom stereocenters. The summed E-state index contributed by atoms with van der Waals surface area (Å²) in [4.78, 5) is 18.1. The zero-order chi connectivity index (χ0) is 19.1. The largest absolute Gasteiger partial charge is 0.340 e. The van der Waals surface area contributed by atoms with Crippen molar-refractivity contribution in [1.29, 1.82) is 0 Å². The molecular weight excluding hydrogens is 357 g/mol. The molecule has 0 bridgehead atoms. The summed E-state index contributed by atoms with van der Waals surface area (Å²) in [5.41, 5.74) is 0.926. The minimum absolute atomic E-state index is 0.0126. The van der Waals surface area contributed by atoms with Crippen LogP contribution in [0.4, 0.5) is 4.39 Å². The first-order valence-corrected chi connectivity index (χ1v) is 10.5. The van der Waals surface area contributed by atoms with Crippen LogP contribution in [0, 0.1) is 11.7 Å². The third kappa shape index (κ3) is 3.92. The number of carbonyl (C=O) groups excluding carboxylic acids is 1. The number of rotatable bonds is 5. The number of benzene rings is 1. The minimum atomic E-state index is -3.15. The third-order valence-corrected chi connectivity index (χ3v) is 7.68. The van der Waals surface area contributed by atoms with Crippen LogP contribution in [0.5, 0.6) is 0 Å². The van der Waals surface area contributed by atoms with Crippen molar-refractivity contribution in [1.82, 2.24) is 14.7 Å². The normalized spacial score (nSPS) is 27.3. The lowest BCUT2D eigenvalue weighted by atomic mass is 10.00. The van der Waals surface area contributed by atoms with Gasteiger partial charge in [0.1, 0.15) is 5.82 Å². The van der Waals surface area contributed by atoms with E-state index in [-0.39, 0.29) is 36.0 Å². The highest BCUT2D eigenvalue weighted by Gasteiger charge is 2.53. The molecule has 6 nitrogen and oxygen atoms in total. The smallest absolute Gasteiger partial charge is 0.236 e. The van der Waals surface area contributed by atoms with Crippen molar-refractivity contribution in [2.75, 3.05) is 46.5 Å². The fraction of sp³-hybridized carbons (Fsp3) is 0.611. The van der Waals surface area contributed by atoms with Crippen LogP contribution in [0.3, 0.4) is 0 Å². The summed E-state index contributed by atoms with van der Waals surface area (Å²) in [6, 6.07) is 6.17. The van der Waals surface area contributed by atoms with Crippen molar-refractivity contribution in [3.63, 3.8) is 0 Å². The maximum Gasteiger partial charge on any atom is 0.236 e. The molecule has 0 aliphatic carbocycles. The van der Waals surface area contributed by atoms with Gasteiger partial charge in [0.15, 0.2) is 9.84 Å². The highest BCUT2D eigenvalue weighted by atomic mass is 32.2. The summed E-state index contributed by atoms with van der Waals surface area (Å²) in [7, 11) is 2.47. The standard InChI is InChI=1S/C18H26FN3O3S/c1-20(2)16-12-26(24,25)17-10-22(9-15(16)17)18(23)11-21(3)8-13-4-6-14(19)7-5-13/h4-7,15-17H,8-12H2,1-3H3/t15-,16+,17-/m0/s1. The third-order valence-electron chi connectivity index (χ3n) is 5.45. The number of halogens is 1. The number of likely N-dealkylation sites (tertiary alicyclic amines) is 1. The van der Waals surface area contributed by atoms with Gasteiger partial charge in [0.25, 0.3) is 0 Å². The molecule has 0 N–H and O–H groups in total. The van der Waals surface area contributed by atoms with E-state index in [0.717, 1.165) is 5.56 Å². The van der Waals surface area contributed by atoms with E-state index in [9.17, 15) is 17.6 Å². The zero-order valence-electron chi connectivity index (χ0n) is 15.4. The van der Waals surface area contributed by atoms with E-state index < -0.39 is 15.1 Å². The monoisotopic (exact) mass is 383 g/mol. The van der Waals surface area contributed by atoms with Gasteiger partial charge in [-0.15, -0.1) is 0 Å². The molecule has 0 radical (unpaired) electrons. The van der Waals surface area contributed by atoms with Gasteiger partial charge in [0.05, 0.1) is 17.5 Å². The van der Waals surface area contributed by atoms with E-state index in [1.807, 2.05) is 30.9 Å². The molecule has 1 amide bonds. The van der Waals surface area contributed by atoms with E-state index in [4.69, 9.17) is 0 Å². The van der Waals surface area contributed by atoms with Crippen molar-refractivity contribution in [3.05, 3.63) is 35.6 Å². The second kappa shape index (κ2) is 7.25. The predicted molar refractivity (Wildman–Crippen MR) is 97.9 cm³/mol. The van der Waals surface area contributed by atoms with Gasteiger partial charge in [0, 0.05) is 31.6 Å². The van der Waals surface area contributed by atoms with Gasteiger partial charge >= 0.3 is 0 Å². The van der Waals surface area contributed by atoms with Crippen LogP contribution in [-0.4, -0.2) is 86.8 Å². The Bertz CT molecular complexity index is 766. The number of fused-ring (bicyclic) bond motifs is 1. The van der Waals surface area contributed by atoms with Crippen LogP contribution in [0.15, 0.2) is 24.3 Å². The Kier molecular flexibility index (Phi) is 5.37. The molecule has 3 rings (SSSR count). The molecule has 2 saturated heterocycles. The van der Waals surface area contributed by atoms with Crippen molar-refractivity contribution >= 4 is 15.7 Å². The summed E-state index contributed by atoms with van der Waals surface area (Å²) in [6.07, 6.45) is 0. The SMILES string of the molecule is CN(CC(=O)N1C[C@H]2[C@H](N(C)C)CS(=O)(=O)[C@H]2C1)Cc1ccc(F)cc1. The zero-order valence-corrected chi connectivity index (χ0v) is 16.2. The summed E-state index contributed by atoms with van der Waals surface area (Å²) in [6.45, 7) is 1.53. The average molecular weight is 383 g/mol. The maximum atomic E-state index is 13.0. The predicted octanol–water partition coefficient (Wildman–Crippen LogP) is 0.443. The topological polar surface area (TPSA) is 60.9 Å². The number of nitrogens with zero attached hydrogens (tertiary/aromatic N) is 3. The van der Waals surface area contributed by atoms with Gasteiger partial charge < -0.3 is 9.80 Å². The van der Waals surface area contributed by atoms with Crippen LogP contribution >= 0.6 is 0 Å². The lowest BCUT2D eigenvalue weighted by Gasteiger charge is -2.26. The van der Waals surface area contributed by atoms with Crippen molar-refractivity contribution in [3.8, 4) is 0 Å². The Morgan fingerprint density at radius 3 is 2.46 bits per heavy atom. The van der Waals surface area contributed by atoms with Crippen LogP contribution in [-0.2, 0) is 21.2 Å². The second-order valence-corrected chi connectivity index (χ2v) is 9.92. The lowest BCUT2D eigenvalue weighted by molar-refractivity contribution is -0.131. The van der Waals surface area contributed by atoms with Gasteiger partial charge in [-0.05, 0) is 38.8 Å². The fourth-order valence-corrected chi connectivity index (χ4v) is 6.53. The lowest BCUT2D eigenvalue weighted by Crippen LogP contribution is -2.41. The molecule has 1 aromatic rings. The van der Waals surface area contributed by atoms with Crippen LogP contribution < -0.4 is 0 Å². The van der Waals surface area contributed by atoms with Crippen LogP contribution in [0.25, 0.3) is 0 Å². The number of carbonyl (C=O) groups is 1. The molecule has 144 valence electrons. The molecule has 8 heteroatoms. The van der Waals surface area contributed by atoms with Gasteiger partial charge in [0.2, 0.25) is 5.91 Å². The van der Waals surface area contributed by atoms with Gasteiger partial charge in [-0.3, -0.25) is 9.69 Å². The highest BCUT2D eigenvalue weighted by molar-refractivity contribution is 7.92. The highest BCUT2D eigenvalue weighted by Crippen LogP contribution is 2.35. The molecule has 0 saturated carbocycles. The molecule has 2 aliphatic rings. The molecule has 0 aromatic heterocycles. The Morgan fingerprint density at radius 2 is 1.85 bits per heavy atom. The van der Waals surface area contributed by atoms with Gasteiger partial charge in [-0.1, -0.05) is 12.1 Å². The second-order valence-electron chi connectivity index (χ2n) is 7.66. The van der Waals surface area contributed by atoms with Crippen LogP contribution in [0.2, 0.25) is 0 Å². The summed E-state index contributed by atoms with van der Waals surface area (Å²) in [5, 5.41) is -0.443. The Labute approximate surface area is 154 Å². The van der Waals surface area contributed by atoms with E-state index in [1.54, 1.807) is 17.0 Å². The first kappa shape index (κ1) is 19.3. The molecule has 1 aromatic carbocycles. The first-order chi connectivity index (χ1) is 12.2. The summed E-state index contributed by atoms with van der Waals surface area (Å²) >= 11 is 0. The molecule has 0 spiro atoms. The van der Waals surface area contributed by atoms with Crippen molar-refractivity contribution in [2.45, 2.75) is 17.8 Å². The Balaban J connectivity index is 1.60. The molecule has 26 heavy (non-hydrogen) atoms. The van der Waals surface area contributed by atoms with E-state index >= 15 is 0 Å². The number of amides is 1. The Morgan fingerprint density at radius 1 is 1.19 bits per heavy atom. The molecule has 3 atom stereocenters. The minimum Gasteiger partial charge on any atom is -0.340 e. The number of hydrogen-bond acceptors (Lipinski definition) is 5. The molecule has 2 heterocycles. The van der Waals surface area contributed by atoms with E-state index in [1.165, 1.54) is 12.1 Å². The molecular formula is C18H26FN3O3S. The van der Waals surface area contributed by atoms with Gasteiger partial charge in [-0.25, -0.2) is 12.8 Å². The van der Waals surface area contributed by atoms with Crippen LogP contribution in [0.1, 0.15) is 5.56 Å². The van der Waals surface area contributed by atoms with Crippen molar-refractivity contribution in [2.24, 2.45) is 5.92 Å². The van der Waals surface area contributed by atoms with Crippen molar-refractivity contribution < 1.29 is 17.6 Å². The van der Waals surface area contributed by atoms with E-state index in [2.05, 4.69) is 0 Å². The maximum absolute atomic E-state index is 13.0. The van der Waals surface area contributed by atoms with E-state index in [0.29, 0.717) is 19.6 Å². The molecule has 2 fully saturated rings. The first-order valence-electron chi connectivity index (χ1n) is 8.76. The number of likely N-dealkylation sites (N-methyl/N-ethyl adjacent to an activating group) is 1.